The van der Waals surface area contributed by atoms with Gasteiger partial charge in [0.05, 0.1) is 12.6 Å². The first kappa shape index (κ1) is 7.27. The third-order valence-corrected chi connectivity index (χ3v) is 0.827. The average Bonchev–Trinajstić information content (AvgIpc) is 1.83. The third kappa shape index (κ3) is 3.46. The molecule has 0 amide bonds. The molecule has 0 aromatic rings. The van der Waals surface area contributed by atoms with Gasteiger partial charge >= 0.3 is 0 Å². The first-order valence-electron chi connectivity index (χ1n) is 2.50. The molecule has 0 bridgehead atoms. The lowest BCUT2D eigenvalue weighted by Gasteiger charge is -1.98. The number of nitrogens with zero attached hydrogens (tertiary/aromatic N) is 3. The normalized spacial score (nSPS) is 12.2. The van der Waals surface area contributed by atoms with Crippen molar-refractivity contribution >= 4 is 0 Å². The lowest BCUT2D eigenvalue weighted by molar-refractivity contribution is 0.179. The lowest BCUT2D eigenvalue weighted by Crippen LogP contribution is -2.07. The highest BCUT2D eigenvalue weighted by molar-refractivity contribution is 4.55. The summed E-state index contributed by atoms with van der Waals surface area (Å²) in [6.07, 6.45) is 0.171. The molecule has 0 aromatic heterocycles. The minimum atomic E-state index is -0.467. The molecule has 0 radical (unpaired) electrons. The monoisotopic (exact) mass is 115 g/mol. The van der Waals surface area contributed by atoms with Gasteiger partial charge in [-0.3, -0.25) is 0 Å². The van der Waals surface area contributed by atoms with Gasteiger partial charge < -0.3 is 5.11 Å². The number of aliphatic hydroxyl groups is 1. The Morgan fingerprint density at radius 2 is 2.50 bits per heavy atom. The average molecular weight is 115 g/mol. The van der Waals surface area contributed by atoms with Crippen molar-refractivity contribution in [3.05, 3.63) is 10.4 Å². The van der Waals surface area contributed by atoms with Crippen LogP contribution in [0.1, 0.15) is 13.3 Å². The molecular weight excluding hydrogens is 106 g/mol. The Kier molecular flexibility index (Phi) is 4.03. The lowest BCUT2D eigenvalue weighted by atomic mass is 10.3. The molecule has 4 heteroatoms. The van der Waals surface area contributed by atoms with Crippen LogP contribution in [0.4, 0.5) is 0 Å². The maximum absolute atomic E-state index is 8.72. The highest BCUT2D eigenvalue weighted by atomic mass is 16.3. The standard InChI is InChI=1S/C4H9N3O/c1-2-4(8)3-6-7-5/h4,8H,2-3H2,1H3. The summed E-state index contributed by atoms with van der Waals surface area (Å²) in [5.41, 5.74) is 7.76. The van der Waals surface area contributed by atoms with Crippen LogP contribution >= 0.6 is 0 Å². The van der Waals surface area contributed by atoms with Crippen LogP contribution in [0.2, 0.25) is 0 Å². The fourth-order valence-corrected chi connectivity index (χ4v) is 0.260. The summed E-state index contributed by atoms with van der Waals surface area (Å²) < 4.78 is 0. The van der Waals surface area contributed by atoms with Gasteiger partial charge in [0, 0.05) is 4.91 Å². The van der Waals surface area contributed by atoms with Gasteiger partial charge in [0.15, 0.2) is 0 Å². The van der Waals surface area contributed by atoms with E-state index in [0.29, 0.717) is 6.42 Å². The Morgan fingerprint density at radius 1 is 1.88 bits per heavy atom. The van der Waals surface area contributed by atoms with Crippen molar-refractivity contribution in [3.8, 4) is 0 Å². The van der Waals surface area contributed by atoms with Gasteiger partial charge in [0.2, 0.25) is 0 Å². The van der Waals surface area contributed by atoms with Crippen molar-refractivity contribution in [2.45, 2.75) is 19.4 Å². The van der Waals surface area contributed by atoms with Crippen LogP contribution in [0.3, 0.4) is 0 Å². The van der Waals surface area contributed by atoms with Gasteiger partial charge in [-0.15, -0.1) is 0 Å². The zero-order valence-electron chi connectivity index (χ0n) is 4.78. The molecule has 0 spiro atoms. The fourth-order valence-electron chi connectivity index (χ4n) is 0.260. The summed E-state index contributed by atoms with van der Waals surface area (Å²) in [7, 11) is 0. The maximum atomic E-state index is 8.72. The van der Waals surface area contributed by atoms with Crippen molar-refractivity contribution in [3.63, 3.8) is 0 Å². The Morgan fingerprint density at radius 3 is 2.88 bits per heavy atom. The number of rotatable bonds is 3. The second-order valence-corrected chi connectivity index (χ2v) is 1.48. The Bertz CT molecular complexity index is 97.5. The van der Waals surface area contributed by atoms with E-state index in [0.717, 1.165) is 0 Å². The van der Waals surface area contributed by atoms with E-state index in [1.54, 1.807) is 0 Å². The summed E-state index contributed by atoms with van der Waals surface area (Å²) in [6.45, 7) is 2.02. The van der Waals surface area contributed by atoms with E-state index in [-0.39, 0.29) is 6.54 Å². The highest BCUT2D eigenvalue weighted by Crippen LogP contribution is 1.88. The molecule has 0 heterocycles. The highest BCUT2D eigenvalue weighted by Gasteiger charge is 1.94. The quantitative estimate of drug-likeness (QED) is 0.333. The van der Waals surface area contributed by atoms with Crippen molar-refractivity contribution in [1.82, 2.24) is 0 Å². The number of aliphatic hydroxyl groups excluding tert-OH is 1. The predicted molar refractivity (Wildman–Crippen MR) is 30.3 cm³/mol. The van der Waals surface area contributed by atoms with Crippen LogP contribution in [0.25, 0.3) is 10.4 Å². The van der Waals surface area contributed by atoms with Gasteiger partial charge in [0.1, 0.15) is 0 Å². The van der Waals surface area contributed by atoms with E-state index in [1.165, 1.54) is 0 Å². The topological polar surface area (TPSA) is 69.0 Å². The SMILES string of the molecule is CCC(O)CN=[N+]=[N-]. The van der Waals surface area contributed by atoms with Crippen LogP contribution in [0, 0.1) is 0 Å². The van der Waals surface area contributed by atoms with Gasteiger partial charge in [-0.05, 0) is 12.0 Å². The molecule has 0 rings (SSSR count). The fraction of sp³-hybridized carbons (Fsp3) is 1.00. The predicted octanol–water partition coefficient (Wildman–Crippen LogP) is 1.07. The molecular formula is C4H9N3O. The summed E-state index contributed by atoms with van der Waals surface area (Å²) in [4.78, 5) is 2.49. The second-order valence-electron chi connectivity index (χ2n) is 1.48. The minimum absolute atomic E-state index is 0.188. The second kappa shape index (κ2) is 4.43. The summed E-state index contributed by atoms with van der Waals surface area (Å²) in [6, 6.07) is 0. The Hall–Kier alpha value is -0.730. The summed E-state index contributed by atoms with van der Waals surface area (Å²) in [5, 5.41) is 11.9. The summed E-state index contributed by atoms with van der Waals surface area (Å²) in [5.74, 6) is 0. The van der Waals surface area contributed by atoms with Crippen molar-refractivity contribution in [2.24, 2.45) is 5.11 Å². The zero-order valence-corrected chi connectivity index (χ0v) is 4.78. The molecule has 1 atom stereocenters. The Labute approximate surface area is 47.8 Å². The van der Waals surface area contributed by atoms with Crippen molar-refractivity contribution < 1.29 is 5.11 Å². The number of hydrogen-bond donors (Lipinski definition) is 1. The first-order valence-corrected chi connectivity index (χ1v) is 2.50. The van der Waals surface area contributed by atoms with Crippen LogP contribution < -0.4 is 0 Å². The largest absolute Gasteiger partial charge is 0.393 e. The molecule has 0 aliphatic heterocycles. The number of azide groups is 1. The van der Waals surface area contributed by atoms with Crippen LogP contribution in [0.5, 0.6) is 0 Å². The molecule has 0 aromatic carbocycles. The summed E-state index contributed by atoms with van der Waals surface area (Å²) >= 11 is 0. The first-order chi connectivity index (χ1) is 3.81. The molecule has 0 fully saturated rings. The number of hydrogen-bond acceptors (Lipinski definition) is 2. The van der Waals surface area contributed by atoms with Crippen molar-refractivity contribution in [1.29, 1.82) is 0 Å². The molecule has 0 saturated heterocycles. The van der Waals surface area contributed by atoms with E-state index >= 15 is 0 Å². The molecule has 1 unspecified atom stereocenters. The van der Waals surface area contributed by atoms with E-state index in [1.807, 2.05) is 6.92 Å². The smallest absolute Gasteiger partial charge is 0.0593 e. The van der Waals surface area contributed by atoms with Crippen molar-refractivity contribution in [2.75, 3.05) is 6.54 Å². The van der Waals surface area contributed by atoms with Gasteiger partial charge in [-0.1, -0.05) is 12.0 Å². The molecule has 0 saturated carbocycles. The molecule has 4 nitrogen and oxygen atoms in total. The molecule has 8 heavy (non-hydrogen) atoms. The van der Waals surface area contributed by atoms with Crippen LogP contribution in [0.15, 0.2) is 5.11 Å². The van der Waals surface area contributed by atoms with E-state index in [4.69, 9.17) is 10.6 Å². The zero-order chi connectivity index (χ0) is 6.41. The van der Waals surface area contributed by atoms with Crippen LogP contribution in [-0.4, -0.2) is 17.8 Å². The van der Waals surface area contributed by atoms with Gasteiger partial charge in [-0.25, -0.2) is 0 Å². The van der Waals surface area contributed by atoms with Gasteiger partial charge in [-0.2, -0.15) is 0 Å². The molecule has 0 aliphatic rings. The third-order valence-electron chi connectivity index (χ3n) is 0.827. The Balaban J connectivity index is 3.23. The molecule has 0 aliphatic carbocycles. The van der Waals surface area contributed by atoms with E-state index in [2.05, 4.69) is 10.0 Å². The maximum Gasteiger partial charge on any atom is 0.0593 e. The molecule has 46 valence electrons. The van der Waals surface area contributed by atoms with Gasteiger partial charge in [0.25, 0.3) is 0 Å². The minimum Gasteiger partial charge on any atom is -0.393 e. The van der Waals surface area contributed by atoms with E-state index < -0.39 is 6.10 Å². The van der Waals surface area contributed by atoms with Crippen LogP contribution in [-0.2, 0) is 0 Å². The van der Waals surface area contributed by atoms with E-state index in [9.17, 15) is 0 Å². The molecule has 1 N–H and O–H groups in total.